The molecule has 2 aliphatic rings. The molecule has 0 N–H and O–H groups in total. The molecule has 13 heteroatoms. The number of thiocarbonyl (C=S) groups is 1. The Bertz CT molecular complexity index is 1220. The largest absolute Gasteiger partial charge is 0.474 e. The molecule has 2 fully saturated rings. The van der Waals surface area contributed by atoms with Crippen molar-refractivity contribution in [3.05, 3.63) is 41.9 Å². The van der Waals surface area contributed by atoms with Gasteiger partial charge in [-0.15, -0.1) is 0 Å². The number of aromatic nitrogens is 2. The second kappa shape index (κ2) is 11.8. The van der Waals surface area contributed by atoms with Gasteiger partial charge in [0.05, 0.1) is 29.3 Å². The van der Waals surface area contributed by atoms with Crippen LogP contribution < -0.4 is 14.5 Å². The van der Waals surface area contributed by atoms with Crippen LogP contribution in [0.1, 0.15) is 43.4 Å². The minimum Gasteiger partial charge on any atom is -0.474 e. The number of hydrogen-bond acceptors (Lipinski definition) is 7. The Morgan fingerprint density at radius 1 is 1.26 bits per heavy atom. The lowest BCUT2D eigenvalue weighted by molar-refractivity contribution is -0.138. The van der Waals surface area contributed by atoms with Gasteiger partial charge in [-0.05, 0) is 56.5 Å². The number of nitrogens with zero attached hydrogens (tertiary/aromatic N) is 6. The second-order valence-electron chi connectivity index (χ2n) is 9.65. The van der Waals surface area contributed by atoms with Gasteiger partial charge in [-0.3, -0.25) is 0 Å². The van der Waals surface area contributed by atoms with E-state index < -0.39 is 23.0 Å². The van der Waals surface area contributed by atoms with Crippen LogP contribution in [0.5, 0.6) is 5.88 Å². The average Bonchev–Trinajstić information content (AvgIpc) is 2.91. The summed E-state index contributed by atoms with van der Waals surface area (Å²) in [4.78, 5) is 25.3. The van der Waals surface area contributed by atoms with E-state index in [1.165, 1.54) is 24.2 Å². The van der Waals surface area contributed by atoms with Crippen LogP contribution in [0.15, 0.2) is 30.6 Å². The van der Waals surface area contributed by atoms with Crippen LogP contribution in [0, 0.1) is 11.3 Å². The fourth-order valence-corrected chi connectivity index (χ4v) is 5.20. The number of piperidine rings is 1. The van der Waals surface area contributed by atoms with Gasteiger partial charge in [0, 0.05) is 32.7 Å². The van der Waals surface area contributed by atoms with Crippen molar-refractivity contribution in [2.75, 3.05) is 43.2 Å². The predicted octanol–water partition coefficient (Wildman–Crippen LogP) is 4.53. The van der Waals surface area contributed by atoms with Crippen LogP contribution in [0.25, 0.3) is 0 Å². The minimum atomic E-state index is -4.78. The van der Waals surface area contributed by atoms with Crippen LogP contribution in [0.4, 0.5) is 28.9 Å². The second-order valence-corrected chi connectivity index (χ2v) is 10.0. The first-order valence-electron chi connectivity index (χ1n) is 12.5. The molecule has 0 amide bonds. The van der Waals surface area contributed by atoms with Crippen molar-refractivity contribution in [3.8, 4) is 11.9 Å². The van der Waals surface area contributed by atoms with Crippen molar-refractivity contribution in [1.82, 2.24) is 14.9 Å². The number of rotatable bonds is 8. The molecule has 208 valence electrons. The number of hydrogen-bond donors (Lipinski definition) is 0. The Kier molecular flexibility index (Phi) is 8.66. The maximum atomic E-state index is 13.5. The highest BCUT2D eigenvalue weighted by Gasteiger charge is 2.46. The van der Waals surface area contributed by atoms with Crippen molar-refractivity contribution < 1.29 is 27.1 Å². The maximum absolute atomic E-state index is 13.5. The van der Waals surface area contributed by atoms with Gasteiger partial charge in [0.2, 0.25) is 5.88 Å². The third-order valence-corrected chi connectivity index (χ3v) is 7.69. The number of carbonyl (C=O) groups excluding carboxylic acids is 1. The topological polar surface area (TPSA) is 85.6 Å². The zero-order valence-corrected chi connectivity index (χ0v) is 22.1. The minimum absolute atomic E-state index is 0.0173. The number of alkyl halides is 4. The summed E-state index contributed by atoms with van der Waals surface area (Å²) in [6.45, 7) is 1.51. The molecule has 0 atom stereocenters. The number of carbonyl (C=O) groups is 1. The molecular formula is C26H28F4N6O2S. The first-order chi connectivity index (χ1) is 18.6. The summed E-state index contributed by atoms with van der Waals surface area (Å²) in [5.74, 6) is 0.391. The van der Waals surface area contributed by atoms with Gasteiger partial charge in [0.15, 0.2) is 10.8 Å². The highest BCUT2D eigenvalue weighted by molar-refractivity contribution is 7.80. The van der Waals surface area contributed by atoms with Crippen molar-refractivity contribution in [3.63, 3.8) is 0 Å². The molecule has 1 aliphatic heterocycles. The lowest BCUT2D eigenvalue weighted by atomic mass is 9.76. The van der Waals surface area contributed by atoms with Crippen LogP contribution in [0.3, 0.4) is 0 Å². The highest BCUT2D eigenvalue weighted by Crippen LogP contribution is 2.41. The zero-order chi connectivity index (χ0) is 28.2. The summed E-state index contributed by atoms with van der Waals surface area (Å²) in [5, 5.41) is 9.14. The van der Waals surface area contributed by atoms with E-state index in [1.807, 2.05) is 4.90 Å². The van der Waals surface area contributed by atoms with Crippen molar-refractivity contribution >= 4 is 35.0 Å². The van der Waals surface area contributed by atoms with Crippen LogP contribution in [-0.2, 0) is 11.0 Å². The Morgan fingerprint density at radius 3 is 2.46 bits per heavy atom. The number of ether oxygens (including phenoxy) is 1. The van der Waals surface area contributed by atoms with Crippen molar-refractivity contribution in [1.29, 1.82) is 5.26 Å². The number of likely N-dealkylation sites (tertiary alicyclic amines) is 1. The molecule has 1 saturated carbocycles. The molecule has 4 rings (SSSR count). The third kappa shape index (κ3) is 6.12. The fourth-order valence-electron chi connectivity index (χ4n) is 4.81. The molecule has 2 aromatic heterocycles. The standard InChI is InChI=1S/C26H28F4N6O2S/c1-34(19-13-21(26(28,29)30)22(14-31)32-16-19)24(39)36(25(17-37)7-2-8-25)18-3-4-23(33-15-18)38-20-5-10-35(11-6-20)12-9-27/h3-4,13,15-17,20H,2,5-12H2,1H3. The van der Waals surface area contributed by atoms with E-state index in [-0.39, 0.29) is 23.6 Å². The van der Waals surface area contributed by atoms with Gasteiger partial charge in [0.25, 0.3) is 0 Å². The van der Waals surface area contributed by atoms with E-state index in [0.29, 0.717) is 31.0 Å². The summed E-state index contributed by atoms with van der Waals surface area (Å²) in [7, 11) is 1.48. The predicted molar refractivity (Wildman–Crippen MR) is 140 cm³/mol. The Labute approximate surface area is 229 Å². The first-order valence-corrected chi connectivity index (χ1v) is 13.0. The quantitative estimate of drug-likeness (QED) is 0.261. The van der Waals surface area contributed by atoms with Gasteiger partial charge in [0.1, 0.15) is 30.7 Å². The lowest BCUT2D eigenvalue weighted by Crippen LogP contribution is -2.60. The molecule has 3 heterocycles. The van der Waals surface area contributed by atoms with Crippen molar-refractivity contribution in [2.45, 2.75) is 49.9 Å². The zero-order valence-electron chi connectivity index (χ0n) is 21.3. The highest BCUT2D eigenvalue weighted by atomic mass is 32.1. The Hall–Kier alpha value is -3.37. The molecule has 1 saturated heterocycles. The van der Waals surface area contributed by atoms with E-state index in [4.69, 9.17) is 22.2 Å². The molecule has 1 aliphatic carbocycles. The van der Waals surface area contributed by atoms with Gasteiger partial charge >= 0.3 is 6.18 Å². The van der Waals surface area contributed by atoms with Gasteiger partial charge in [-0.2, -0.15) is 18.4 Å². The molecule has 8 nitrogen and oxygen atoms in total. The molecule has 0 aromatic carbocycles. The molecule has 0 radical (unpaired) electrons. The molecule has 0 bridgehead atoms. The lowest BCUT2D eigenvalue weighted by Gasteiger charge is -2.48. The van der Waals surface area contributed by atoms with Gasteiger partial charge in [-0.1, -0.05) is 0 Å². The van der Waals surface area contributed by atoms with E-state index in [1.54, 1.807) is 17.0 Å². The van der Waals surface area contributed by atoms with Crippen molar-refractivity contribution in [2.24, 2.45) is 0 Å². The Balaban J connectivity index is 1.56. The molecular weight excluding hydrogens is 536 g/mol. The van der Waals surface area contributed by atoms with Gasteiger partial charge < -0.3 is 24.2 Å². The number of aldehydes is 1. The van der Waals surface area contributed by atoms with E-state index in [9.17, 15) is 22.4 Å². The maximum Gasteiger partial charge on any atom is 0.419 e. The van der Waals surface area contributed by atoms with E-state index in [2.05, 4.69) is 9.97 Å². The summed E-state index contributed by atoms with van der Waals surface area (Å²) >= 11 is 5.70. The smallest absolute Gasteiger partial charge is 0.419 e. The normalized spacial score (nSPS) is 17.5. The van der Waals surface area contributed by atoms with Gasteiger partial charge in [-0.25, -0.2) is 14.4 Å². The van der Waals surface area contributed by atoms with Crippen LogP contribution in [0.2, 0.25) is 0 Å². The van der Waals surface area contributed by atoms with E-state index >= 15 is 0 Å². The first kappa shape index (κ1) is 28.6. The van der Waals surface area contributed by atoms with Crippen LogP contribution in [-0.4, -0.2) is 71.3 Å². The monoisotopic (exact) mass is 564 g/mol. The Morgan fingerprint density at radius 2 is 1.95 bits per heavy atom. The number of anilines is 2. The summed E-state index contributed by atoms with van der Waals surface area (Å²) in [5.41, 5.74) is -2.37. The number of halogens is 4. The number of nitriles is 1. The van der Waals surface area contributed by atoms with Crippen LogP contribution >= 0.6 is 12.2 Å². The molecule has 2 aromatic rings. The fraction of sp³-hybridized carbons (Fsp3) is 0.500. The number of pyridine rings is 2. The summed E-state index contributed by atoms with van der Waals surface area (Å²) in [6, 6.07) is 5.66. The summed E-state index contributed by atoms with van der Waals surface area (Å²) < 4.78 is 59.2. The third-order valence-electron chi connectivity index (χ3n) is 7.24. The molecule has 0 spiro atoms. The molecule has 0 unspecified atom stereocenters. The molecule has 39 heavy (non-hydrogen) atoms. The van der Waals surface area contributed by atoms with E-state index in [0.717, 1.165) is 50.9 Å². The average molecular weight is 565 g/mol. The SMILES string of the molecule is CN(C(=S)N(c1ccc(OC2CCN(CCF)CC2)nc1)C1(C=O)CCC1)c1cnc(C#N)c(C(F)(F)F)c1. The summed E-state index contributed by atoms with van der Waals surface area (Å²) in [6.07, 6.45) is 1.95.